The molecule has 0 aliphatic heterocycles. The van der Waals surface area contributed by atoms with E-state index in [1.807, 2.05) is 72.8 Å². The van der Waals surface area contributed by atoms with E-state index in [0.717, 1.165) is 44.5 Å². The van der Waals surface area contributed by atoms with Gasteiger partial charge in [0.25, 0.3) is 0 Å². The number of benzene rings is 4. The lowest BCUT2D eigenvalue weighted by Crippen LogP contribution is -2.13. The maximum Gasteiger partial charge on any atom is 0.120 e. The van der Waals surface area contributed by atoms with Crippen molar-refractivity contribution < 1.29 is 48.1 Å². The van der Waals surface area contributed by atoms with Gasteiger partial charge in [0, 0.05) is 0 Å². The Bertz CT molecular complexity index is 1270. The summed E-state index contributed by atoms with van der Waals surface area (Å²) in [6.07, 6.45) is 0. The molecule has 44 heavy (non-hydrogen) atoms. The quantitative estimate of drug-likeness (QED) is 0.118. The molecule has 0 bridgehead atoms. The van der Waals surface area contributed by atoms with Gasteiger partial charge >= 0.3 is 0 Å². The molecule has 0 aliphatic rings. The molecule has 10 nitrogen and oxygen atoms in total. The molecule has 4 aromatic carbocycles. The first-order valence-electron chi connectivity index (χ1n) is 14.9. The van der Waals surface area contributed by atoms with Gasteiger partial charge in [-0.15, -0.1) is 0 Å². The highest BCUT2D eigenvalue weighted by Gasteiger charge is 2.03. The van der Waals surface area contributed by atoms with E-state index in [2.05, 4.69) is 0 Å². The summed E-state index contributed by atoms with van der Waals surface area (Å²) < 4.78 is 44.7. The predicted octanol–water partition coefficient (Wildman–Crippen LogP) is 4.26. The molecule has 238 valence electrons. The predicted molar refractivity (Wildman–Crippen MR) is 167 cm³/mol. The van der Waals surface area contributed by atoms with Crippen molar-refractivity contribution in [1.29, 1.82) is 0 Å². The third-order valence-corrected chi connectivity index (χ3v) is 6.40. The van der Waals surface area contributed by atoms with Crippen LogP contribution in [0, 0.1) is 0 Å². The van der Waals surface area contributed by atoms with Crippen molar-refractivity contribution in [2.24, 2.45) is 0 Å². The second kappa shape index (κ2) is 19.6. The molecule has 0 atom stereocenters. The Balaban J connectivity index is 1.03. The number of rotatable bonds is 23. The average Bonchev–Trinajstić information content (AvgIpc) is 3.05. The largest absolute Gasteiger partial charge is 0.491 e. The van der Waals surface area contributed by atoms with Crippen molar-refractivity contribution in [1.82, 2.24) is 0 Å². The molecule has 2 N–H and O–H groups in total. The van der Waals surface area contributed by atoms with Crippen LogP contribution in [0.15, 0.2) is 72.8 Å². The Morgan fingerprint density at radius 2 is 0.568 bits per heavy atom. The van der Waals surface area contributed by atoms with E-state index < -0.39 is 0 Å². The second-order valence-electron chi connectivity index (χ2n) is 9.63. The van der Waals surface area contributed by atoms with Gasteiger partial charge < -0.3 is 48.1 Å². The van der Waals surface area contributed by atoms with Gasteiger partial charge in [-0.2, -0.15) is 0 Å². The zero-order valence-electron chi connectivity index (χ0n) is 25.0. The van der Waals surface area contributed by atoms with Crippen LogP contribution in [0.25, 0.3) is 21.5 Å². The molecular formula is C34H42O10. The molecule has 0 unspecified atom stereocenters. The Hall–Kier alpha value is -3.64. The van der Waals surface area contributed by atoms with Gasteiger partial charge in [0.1, 0.15) is 49.4 Å². The van der Waals surface area contributed by atoms with E-state index in [0.29, 0.717) is 79.3 Å². The number of aliphatic hydroxyl groups is 2. The van der Waals surface area contributed by atoms with E-state index in [-0.39, 0.29) is 13.2 Å². The van der Waals surface area contributed by atoms with Gasteiger partial charge in [0.05, 0.1) is 66.1 Å². The summed E-state index contributed by atoms with van der Waals surface area (Å²) in [5.74, 6) is 3.11. The number of hydrogen-bond donors (Lipinski definition) is 2. The molecule has 0 aromatic heterocycles. The first-order chi connectivity index (χ1) is 21.7. The van der Waals surface area contributed by atoms with Crippen LogP contribution in [0.3, 0.4) is 0 Å². The SMILES string of the molecule is OCCOCCOc1ccc2cc(OCCOCCOCCOc3ccc4cc(OCCOCCO)ccc4c3)ccc2c1. The van der Waals surface area contributed by atoms with Crippen molar-refractivity contribution >= 4 is 21.5 Å². The number of hydrogen-bond acceptors (Lipinski definition) is 10. The molecule has 4 aromatic rings. The Kier molecular flexibility index (Phi) is 14.8. The number of ether oxygens (including phenoxy) is 8. The summed E-state index contributed by atoms with van der Waals surface area (Å²) in [5.41, 5.74) is 0. The Morgan fingerprint density at radius 3 is 0.841 bits per heavy atom. The number of aliphatic hydroxyl groups excluding tert-OH is 2. The smallest absolute Gasteiger partial charge is 0.120 e. The van der Waals surface area contributed by atoms with Gasteiger partial charge in [-0.05, 0) is 70.1 Å². The summed E-state index contributed by atoms with van der Waals surface area (Å²) >= 11 is 0. The zero-order valence-corrected chi connectivity index (χ0v) is 25.0. The van der Waals surface area contributed by atoms with Crippen LogP contribution in [0.5, 0.6) is 23.0 Å². The normalized spacial score (nSPS) is 11.2. The van der Waals surface area contributed by atoms with E-state index >= 15 is 0 Å². The molecule has 4 rings (SSSR count). The fourth-order valence-corrected chi connectivity index (χ4v) is 4.29. The monoisotopic (exact) mass is 610 g/mol. The van der Waals surface area contributed by atoms with Crippen LogP contribution < -0.4 is 18.9 Å². The van der Waals surface area contributed by atoms with Crippen molar-refractivity contribution in [3.8, 4) is 23.0 Å². The third kappa shape index (κ3) is 11.8. The van der Waals surface area contributed by atoms with E-state index in [4.69, 9.17) is 48.1 Å². The summed E-state index contributed by atoms with van der Waals surface area (Å²) in [6.45, 7) is 5.15. The average molecular weight is 611 g/mol. The molecule has 0 radical (unpaired) electrons. The second-order valence-corrected chi connectivity index (χ2v) is 9.63. The standard InChI is InChI=1S/C34H42O10/c35-9-11-37-15-19-41-31-5-1-29-25-33(7-3-27(29)23-31)43-21-17-39-13-14-40-18-22-44-34-8-4-28-24-32(6-2-30(28)26-34)42-20-16-38-12-10-36/h1-8,23-26,35-36H,9-22H2. The molecule has 0 saturated heterocycles. The summed E-state index contributed by atoms with van der Waals surface area (Å²) in [7, 11) is 0. The van der Waals surface area contributed by atoms with Gasteiger partial charge in [0.15, 0.2) is 0 Å². The molecule has 0 heterocycles. The fourth-order valence-electron chi connectivity index (χ4n) is 4.29. The van der Waals surface area contributed by atoms with Crippen LogP contribution in [-0.4, -0.2) is 103 Å². The van der Waals surface area contributed by atoms with E-state index in [1.165, 1.54) is 0 Å². The molecular weight excluding hydrogens is 568 g/mol. The van der Waals surface area contributed by atoms with E-state index in [9.17, 15) is 0 Å². The van der Waals surface area contributed by atoms with Crippen LogP contribution in [0.1, 0.15) is 0 Å². The lowest BCUT2D eigenvalue weighted by atomic mass is 10.1. The maximum absolute atomic E-state index is 8.73. The lowest BCUT2D eigenvalue weighted by molar-refractivity contribution is 0.0274. The minimum absolute atomic E-state index is 0.0109. The first kappa shape index (κ1) is 33.3. The van der Waals surface area contributed by atoms with Gasteiger partial charge in [0.2, 0.25) is 0 Å². The summed E-state index contributed by atoms with van der Waals surface area (Å²) in [4.78, 5) is 0. The minimum atomic E-state index is 0.0109. The molecule has 0 aliphatic carbocycles. The topological polar surface area (TPSA) is 114 Å². The summed E-state index contributed by atoms with van der Waals surface area (Å²) in [6, 6.07) is 23.6. The van der Waals surface area contributed by atoms with Crippen molar-refractivity contribution in [3.05, 3.63) is 72.8 Å². The van der Waals surface area contributed by atoms with Crippen LogP contribution in [0.2, 0.25) is 0 Å². The van der Waals surface area contributed by atoms with Gasteiger partial charge in [-0.25, -0.2) is 0 Å². The maximum atomic E-state index is 8.73. The van der Waals surface area contributed by atoms with Crippen molar-refractivity contribution in [3.63, 3.8) is 0 Å². The minimum Gasteiger partial charge on any atom is -0.491 e. The van der Waals surface area contributed by atoms with E-state index in [1.54, 1.807) is 0 Å². The van der Waals surface area contributed by atoms with Crippen molar-refractivity contribution in [2.75, 3.05) is 92.5 Å². The molecule has 10 heteroatoms. The molecule has 0 saturated carbocycles. The highest BCUT2D eigenvalue weighted by atomic mass is 16.6. The summed E-state index contributed by atoms with van der Waals surface area (Å²) in [5, 5.41) is 21.7. The Morgan fingerprint density at radius 1 is 0.318 bits per heavy atom. The van der Waals surface area contributed by atoms with Crippen LogP contribution in [0.4, 0.5) is 0 Å². The van der Waals surface area contributed by atoms with Gasteiger partial charge in [-0.3, -0.25) is 0 Å². The Labute approximate surface area is 257 Å². The number of fused-ring (bicyclic) bond motifs is 2. The molecule has 0 fully saturated rings. The molecule has 0 spiro atoms. The highest BCUT2D eigenvalue weighted by Crippen LogP contribution is 2.26. The first-order valence-corrected chi connectivity index (χ1v) is 14.9. The lowest BCUT2D eigenvalue weighted by Gasteiger charge is -2.11. The van der Waals surface area contributed by atoms with Crippen LogP contribution >= 0.6 is 0 Å². The van der Waals surface area contributed by atoms with Crippen LogP contribution in [-0.2, 0) is 18.9 Å². The fraction of sp³-hybridized carbons (Fsp3) is 0.412. The zero-order chi connectivity index (χ0) is 30.7. The van der Waals surface area contributed by atoms with Gasteiger partial charge in [-0.1, -0.05) is 24.3 Å². The molecule has 0 amide bonds. The van der Waals surface area contributed by atoms with Crippen molar-refractivity contribution in [2.45, 2.75) is 0 Å². The third-order valence-electron chi connectivity index (χ3n) is 6.40. The highest BCUT2D eigenvalue weighted by molar-refractivity contribution is 5.86.